The summed E-state index contributed by atoms with van der Waals surface area (Å²) in [6.07, 6.45) is 2.61. The van der Waals surface area contributed by atoms with Crippen LogP contribution in [-0.4, -0.2) is 10.8 Å². The van der Waals surface area contributed by atoms with Crippen LogP contribution in [0, 0.1) is 0 Å². The Balaban J connectivity index is 2.81. The van der Waals surface area contributed by atoms with E-state index >= 15 is 0 Å². The first-order valence-corrected chi connectivity index (χ1v) is 5.11. The monoisotopic (exact) mass is 199 g/mol. The lowest BCUT2D eigenvalue weighted by Gasteiger charge is -2.07. The van der Waals surface area contributed by atoms with Gasteiger partial charge in [-0.3, -0.25) is 9.78 Å². The first-order valence-electron chi connectivity index (χ1n) is 5.11. The number of benzene rings is 1. The van der Waals surface area contributed by atoms with E-state index in [0.717, 1.165) is 22.8 Å². The molecule has 0 unspecified atom stereocenters. The summed E-state index contributed by atoms with van der Waals surface area (Å²) in [7, 11) is 0. The van der Waals surface area contributed by atoms with E-state index in [1.807, 2.05) is 24.3 Å². The Bertz CT molecular complexity index is 517. The highest BCUT2D eigenvalue weighted by Crippen LogP contribution is 2.21. The van der Waals surface area contributed by atoms with Gasteiger partial charge in [-0.05, 0) is 17.4 Å². The zero-order valence-corrected chi connectivity index (χ0v) is 8.95. The SMILES string of the molecule is CCc1c(C(C)=O)ncc2ccccc12. The summed E-state index contributed by atoms with van der Waals surface area (Å²) < 4.78 is 0. The lowest BCUT2D eigenvalue weighted by Crippen LogP contribution is -2.03. The number of carbonyl (C=O) groups is 1. The lowest BCUT2D eigenvalue weighted by molar-refractivity contribution is 0.101. The van der Waals surface area contributed by atoms with E-state index in [2.05, 4.69) is 11.9 Å². The van der Waals surface area contributed by atoms with Gasteiger partial charge in [-0.2, -0.15) is 0 Å². The van der Waals surface area contributed by atoms with Crippen LogP contribution in [0.3, 0.4) is 0 Å². The highest BCUT2D eigenvalue weighted by molar-refractivity contribution is 5.99. The van der Waals surface area contributed by atoms with E-state index in [1.54, 1.807) is 13.1 Å². The number of pyridine rings is 1. The van der Waals surface area contributed by atoms with Gasteiger partial charge in [0.15, 0.2) is 5.78 Å². The molecule has 0 radical (unpaired) electrons. The second kappa shape index (κ2) is 3.81. The van der Waals surface area contributed by atoms with Gasteiger partial charge in [0.25, 0.3) is 0 Å². The Morgan fingerprint density at radius 3 is 2.73 bits per heavy atom. The standard InChI is InChI=1S/C13H13NO/c1-3-11-12-7-5-4-6-10(12)8-14-13(11)9(2)15/h4-8H,3H2,1-2H3. The van der Waals surface area contributed by atoms with Crippen molar-refractivity contribution in [2.24, 2.45) is 0 Å². The molecule has 76 valence electrons. The summed E-state index contributed by atoms with van der Waals surface area (Å²) in [4.78, 5) is 15.6. The number of ketones is 1. The Kier molecular flexibility index (Phi) is 2.50. The quantitative estimate of drug-likeness (QED) is 0.696. The number of aryl methyl sites for hydroxylation is 1. The number of Topliss-reactive ketones (excluding diaryl/α,β-unsaturated/α-hetero) is 1. The first-order chi connectivity index (χ1) is 7.24. The maximum atomic E-state index is 11.4. The third-order valence-corrected chi connectivity index (χ3v) is 2.59. The molecule has 1 aromatic heterocycles. The van der Waals surface area contributed by atoms with Gasteiger partial charge in [-0.1, -0.05) is 31.2 Å². The summed E-state index contributed by atoms with van der Waals surface area (Å²) in [6.45, 7) is 3.62. The summed E-state index contributed by atoms with van der Waals surface area (Å²) in [5, 5.41) is 2.24. The number of aromatic nitrogens is 1. The zero-order chi connectivity index (χ0) is 10.8. The van der Waals surface area contributed by atoms with Gasteiger partial charge in [-0.15, -0.1) is 0 Å². The molecule has 0 saturated heterocycles. The van der Waals surface area contributed by atoms with E-state index in [9.17, 15) is 4.79 Å². The van der Waals surface area contributed by atoms with Crippen molar-refractivity contribution in [3.63, 3.8) is 0 Å². The van der Waals surface area contributed by atoms with Crippen molar-refractivity contribution in [2.75, 3.05) is 0 Å². The van der Waals surface area contributed by atoms with Gasteiger partial charge in [0.1, 0.15) is 5.69 Å². The molecule has 0 N–H and O–H groups in total. The first kappa shape index (κ1) is 9.84. The molecule has 0 fully saturated rings. The minimum Gasteiger partial charge on any atom is -0.293 e. The van der Waals surface area contributed by atoms with E-state index in [0.29, 0.717) is 5.69 Å². The molecule has 0 spiro atoms. The number of hydrogen-bond donors (Lipinski definition) is 0. The fourth-order valence-electron chi connectivity index (χ4n) is 1.89. The molecule has 1 aromatic carbocycles. The summed E-state index contributed by atoms with van der Waals surface area (Å²) in [5.74, 6) is 0.0394. The van der Waals surface area contributed by atoms with Crippen molar-refractivity contribution >= 4 is 16.6 Å². The molecule has 0 bridgehead atoms. The highest BCUT2D eigenvalue weighted by Gasteiger charge is 2.10. The smallest absolute Gasteiger partial charge is 0.178 e. The maximum absolute atomic E-state index is 11.4. The largest absolute Gasteiger partial charge is 0.293 e. The van der Waals surface area contributed by atoms with Crippen LogP contribution in [0.15, 0.2) is 30.5 Å². The second-order valence-electron chi connectivity index (χ2n) is 3.58. The summed E-state index contributed by atoms with van der Waals surface area (Å²) in [5.41, 5.74) is 1.66. The average molecular weight is 199 g/mol. The van der Waals surface area contributed by atoms with Gasteiger partial charge < -0.3 is 0 Å². The number of fused-ring (bicyclic) bond motifs is 1. The third kappa shape index (κ3) is 1.63. The maximum Gasteiger partial charge on any atom is 0.178 e. The van der Waals surface area contributed by atoms with Gasteiger partial charge in [0.2, 0.25) is 0 Å². The van der Waals surface area contributed by atoms with Crippen molar-refractivity contribution < 1.29 is 4.79 Å². The van der Waals surface area contributed by atoms with Crippen LogP contribution in [0.5, 0.6) is 0 Å². The Morgan fingerprint density at radius 1 is 1.33 bits per heavy atom. The van der Waals surface area contributed by atoms with E-state index in [1.165, 1.54) is 0 Å². The van der Waals surface area contributed by atoms with Crippen LogP contribution in [0.1, 0.15) is 29.9 Å². The molecule has 2 heteroatoms. The molecule has 2 aromatic rings. The van der Waals surface area contributed by atoms with Crippen LogP contribution in [0.2, 0.25) is 0 Å². The van der Waals surface area contributed by atoms with Crippen LogP contribution in [-0.2, 0) is 6.42 Å². The van der Waals surface area contributed by atoms with Crippen LogP contribution in [0.25, 0.3) is 10.8 Å². The molecular formula is C13H13NO. The molecule has 0 amide bonds. The zero-order valence-electron chi connectivity index (χ0n) is 8.95. The number of rotatable bonds is 2. The van der Waals surface area contributed by atoms with E-state index < -0.39 is 0 Å². The lowest BCUT2D eigenvalue weighted by atomic mass is 10.0. The molecule has 0 aliphatic rings. The number of hydrogen-bond acceptors (Lipinski definition) is 2. The topological polar surface area (TPSA) is 30.0 Å². The minimum absolute atomic E-state index is 0.0394. The van der Waals surface area contributed by atoms with Gasteiger partial charge in [-0.25, -0.2) is 0 Å². The fraction of sp³-hybridized carbons (Fsp3) is 0.231. The number of nitrogens with zero attached hydrogens (tertiary/aromatic N) is 1. The molecule has 0 atom stereocenters. The Labute approximate surface area is 89.0 Å². The molecule has 2 nitrogen and oxygen atoms in total. The second-order valence-corrected chi connectivity index (χ2v) is 3.58. The molecule has 0 aliphatic heterocycles. The van der Waals surface area contributed by atoms with Gasteiger partial charge >= 0.3 is 0 Å². The summed E-state index contributed by atoms with van der Waals surface area (Å²) in [6, 6.07) is 8.04. The van der Waals surface area contributed by atoms with E-state index in [4.69, 9.17) is 0 Å². The van der Waals surface area contributed by atoms with E-state index in [-0.39, 0.29) is 5.78 Å². The van der Waals surface area contributed by atoms with Crippen molar-refractivity contribution in [3.05, 3.63) is 41.7 Å². The van der Waals surface area contributed by atoms with Crippen molar-refractivity contribution in [1.29, 1.82) is 0 Å². The predicted octanol–water partition coefficient (Wildman–Crippen LogP) is 3.00. The van der Waals surface area contributed by atoms with Gasteiger partial charge in [0, 0.05) is 18.5 Å². The predicted molar refractivity (Wildman–Crippen MR) is 61.1 cm³/mol. The van der Waals surface area contributed by atoms with Crippen molar-refractivity contribution in [3.8, 4) is 0 Å². The van der Waals surface area contributed by atoms with Gasteiger partial charge in [0.05, 0.1) is 0 Å². The average Bonchev–Trinajstić information content (AvgIpc) is 2.27. The van der Waals surface area contributed by atoms with Crippen LogP contribution >= 0.6 is 0 Å². The fourth-order valence-corrected chi connectivity index (χ4v) is 1.89. The Hall–Kier alpha value is -1.70. The molecule has 0 aliphatic carbocycles. The molecule has 15 heavy (non-hydrogen) atoms. The molecule has 2 rings (SSSR count). The van der Waals surface area contributed by atoms with Crippen molar-refractivity contribution in [2.45, 2.75) is 20.3 Å². The minimum atomic E-state index is 0.0394. The van der Waals surface area contributed by atoms with Crippen LogP contribution < -0.4 is 0 Å². The third-order valence-electron chi connectivity index (χ3n) is 2.59. The molecule has 0 saturated carbocycles. The normalized spacial score (nSPS) is 10.5. The summed E-state index contributed by atoms with van der Waals surface area (Å²) >= 11 is 0. The molecule has 1 heterocycles. The number of carbonyl (C=O) groups excluding carboxylic acids is 1. The Morgan fingerprint density at radius 2 is 2.07 bits per heavy atom. The van der Waals surface area contributed by atoms with Crippen LogP contribution in [0.4, 0.5) is 0 Å². The highest BCUT2D eigenvalue weighted by atomic mass is 16.1. The molecular weight excluding hydrogens is 186 g/mol. The van der Waals surface area contributed by atoms with Crippen molar-refractivity contribution in [1.82, 2.24) is 4.98 Å².